The highest BCUT2D eigenvalue weighted by Crippen LogP contribution is 2.24. The van der Waals surface area contributed by atoms with Crippen molar-refractivity contribution in [1.82, 2.24) is 19.6 Å². The zero-order chi connectivity index (χ0) is 15.0. The van der Waals surface area contributed by atoms with Gasteiger partial charge in [0.25, 0.3) is 0 Å². The first-order valence-corrected chi connectivity index (χ1v) is 8.97. The van der Waals surface area contributed by atoms with Gasteiger partial charge in [-0.25, -0.2) is 0 Å². The van der Waals surface area contributed by atoms with Crippen LogP contribution in [-0.2, 0) is 0 Å². The maximum Gasteiger partial charge on any atom is 0.0351 e. The Morgan fingerprint density at radius 2 is 1.33 bits per heavy atom. The van der Waals surface area contributed by atoms with Crippen LogP contribution in [0.25, 0.3) is 0 Å². The lowest BCUT2D eigenvalue weighted by molar-refractivity contribution is -0.0288. The number of piperazine rings is 1. The number of nitrogens with zero attached hydrogens (tertiary/aromatic N) is 4. The number of hydrogen-bond donors (Lipinski definition) is 0. The van der Waals surface area contributed by atoms with Gasteiger partial charge in [0.1, 0.15) is 0 Å². The Balaban J connectivity index is 1.30. The molecule has 0 amide bonds. The van der Waals surface area contributed by atoms with Crippen molar-refractivity contribution in [3.8, 4) is 0 Å². The van der Waals surface area contributed by atoms with Gasteiger partial charge < -0.3 is 4.90 Å². The largest absolute Gasteiger partial charge is 0.300 e. The monoisotopic (exact) mass is 294 g/mol. The van der Waals surface area contributed by atoms with Crippen molar-refractivity contribution in [2.75, 3.05) is 58.9 Å². The molecule has 0 radical (unpaired) electrons. The Hall–Kier alpha value is -0.160. The molecule has 3 fully saturated rings. The molecule has 3 aliphatic heterocycles. The van der Waals surface area contributed by atoms with Gasteiger partial charge in [-0.1, -0.05) is 0 Å². The van der Waals surface area contributed by atoms with Crippen molar-refractivity contribution in [3.05, 3.63) is 0 Å². The Kier molecular flexibility index (Phi) is 4.89. The zero-order valence-corrected chi connectivity index (χ0v) is 14.5. The van der Waals surface area contributed by atoms with Gasteiger partial charge in [-0.15, -0.1) is 0 Å². The van der Waals surface area contributed by atoms with Crippen LogP contribution in [0.2, 0.25) is 0 Å². The first-order chi connectivity index (χ1) is 10.0. The van der Waals surface area contributed by atoms with E-state index in [9.17, 15) is 0 Å². The summed E-state index contributed by atoms with van der Waals surface area (Å²) in [7, 11) is 0. The molecular formula is C17H34N4. The van der Waals surface area contributed by atoms with E-state index < -0.39 is 0 Å². The quantitative estimate of drug-likeness (QED) is 0.751. The van der Waals surface area contributed by atoms with E-state index in [2.05, 4.69) is 47.3 Å². The molecule has 3 heterocycles. The molecule has 4 heteroatoms. The fraction of sp³-hybridized carbons (Fsp3) is 1.00. The lowest BCUT2D eigenvalue weighted by atomic mass is 9.95. The molecule has 0 unspecified atom stereocenters. The summed E-state index contributed by atoms with van der Waals surface area (Å²) in [6, 6.07) is 2.30. The van der Waals surface area contributed by atoms with Crippen molar-refractivity contribution >= 4 is 0 Å². The fourth-order valence-corrected chi connectivity index (χ4v) is 4.05. The van der Waals surface area contributed by atoms with Crippen LogP contribution >= 0.6 is 0 Å². The average Bonchev–Trinajstić information content (AvgIpc) is 2.34. The molecule has 0 saturated carbocycles. The first-order valence-electron chi connectivity index (χ1n) is 8.97. The van der Waals surface area contributed by atoms with Crippen molar-refractivity contribution in [2.45, 2.75) is 45.8 Å². The third-order valence-electron chi connectivity index (χ3n) is 5.77. The van der Waals surface area contributed by atoms with E-state index in [0.29, 0.717) is 6.04 Å². The van der Waals surface area contributed by atoms with Gasteiger partial charge in [0.15, 0.2) is 0 Å². The van der Waals surface area contributed by atoms with Crippen LogP contribution in [0.5, 0.6) is 0 Å². The summed E-state index contributed by atoms with van der Waals surface area (Å²) >= 11 is 0. The number of hydrogen-bond acceptors (Lipinski definition) is 4. The molecule has 21 heavy (non-hydrogen) atoms. The van der Waals surface area contributed by atoms with E-state index in [1.165, 1.54) is 58.9 Å². The summed E-state index contributed by atoms with van der Waals surface area (Å²) in [6.45, 7) is 21.0. The van der Waals surface area contributed by atoms with E-state index in [4.69, 9.17) is 0 Å². The van der Waals surface area contributed by atoms with Gasteiger partial charge in [0.05, 0.1) is 0 Å². The first kappa shape index (κ1) is 15.7. The molecule has 0 spiro atoms. The smallest absolute Gasteiger partial charge is 0.0351 e. The summed E-state index contributed by atoms with van der Waals surface area (Å²) < 4.78 is 0. The van der Waals surface area contributed by atoms with Crippen LogP contribution in [0.4, 0.5) is 0 Å². The summed E-state index contributed by atoms with van der Waals surface area (Å²) in [5.74, 6) is 0.936. The molecule has 0 aromatic rings. The molecule has 0 aromatic heterocycles. The van der Waals surface area contributed by atoms with Crippen LogP contribution in [-0.4, -0.2) is 96.6 Å². The minimum atomic E-state index is 0.715. The molecule has 0 aromatic carbocycles. The van der Waals surface area contributed by atoms with Gasteiger partial charge in [0, 0.05) is 77.0 Å². The Morgan fingerprint density at radius 3 is 1.86 bits per heavy atom. The Morgan fingerprint density at radius 1 is 0.762 bits per heavy atom. The molecule has 4 nitrogen and oxygen atoms in total. The second-order valence-electron chi connectivity index (χ2n) is 7.95. The molecule has 0 aliphatic carbocycles. The van der Waals surface area contributed by atoms with Crippen LogP contribution in [0, 0.1) is 5.92 Å². The predicted octanol–water partition coefficient (Wildman–Crippen LogP) is 1.04. The second kappa shape index (κ2) is 6.53. The highest BCUT2D eigenvalue weighted by atomic mass is 15.4. The van der Waals surface area contributed by atoms with Gasteiger partial charge in [0.2, 0.25) is 0 Å². The summed E-state index contributed by atoms with van der Waals surface area (Å²) in [6.07, 6.45) is 0. The van der Waals surface area contributed by atoms with Gasteiger partial charge in [-0.2, -0.15) is 0 Å². The normalized spacial score (nSPS) is 28.3. The Bertz CT molecular complexity index is 324. The average molecular weight is 294 g/mol. The summed E-state index contributed by atoms with van der Waals surface area (Å²) in [4.78, 5) is 10.6. The zero-order valence-electron chi connectivity index (χ0n) is 14.5. The fourth-order valence-electron chi connectivity index (χ4n) is 4.05. The molecule has 122 valence electrons. The predicted molar refractivity (Wildman–Crippen MR) is 88.7 cm³/mol. The lowest BCUT2D eigenvalue weighted by Gasteiger charge is -2.51. The summed E-state index contributed by atoms with van der Waals surface area (Å²) in [5, 5.41) is 0. The highest BCUT2D eigenvalue weighted by molar-refractivity contribution is 4.93. The molecule has 0 bridgehead atoms. The lowest BCUT2D eigenvalue weighted by Crippen LogP contribution is -2.65. The SMILES string of the molecule is CC(C)N1CCN(C2CN(CC3CN(C(C)C)C3)C2)CC1. The van der Waals surface area contributed by atoms with Crippen LogP contribution < -0.4 is 0 Å². The molecule has 3 rings (SSSR count). The molecular weight excluding hydrogens is 260 g/mol. The standard InChI is InChI=1S/C17H34N4/c1-14(2)19-5-7-20(8-6-19)17-12-18(13-17)9-16-10-21(11-16)15(3)4/h14-17H,5-13H2,1-4H3. The topological polar surface area (TPSA) is 13.0 Å². The van der Waals surface area contributed by atoms with Gasteiger partial charge >= 0.3 is 0 Å². The van der Waals surface area contributed by atoms with Gasteiger partial charge in [-0.05, 0) is 33.6 Å². The third kappa shape index (κ3) is 3.61. The van der Waals surface area contributed by atoms with Gasteiger partial charge in [-0.3, -0.25) is 14.7 Å². The Labute approximate surface area is 131 Å². The van der Waals surface area contributed by atoms with E-state index in [1.807, 2.05) is 0 Å². The maximum atomic E-state index is 2.73. The van der Waals surface area contributed by atoms with E-state index in [-0.39, 0.29) is 0 Å². The van der Waals surface area contributed by atoms with Crippen molar-refractivity contribution in [1.29, 1.82) is 0 Å². The van der Waals surface area contributed by atoms with Crippen LogP contribution in [0.1, 0.15) is 27.7 Å². The molecule has 3 aliphatic rings. The minimum absolute atomic E-state index is 0.715. The van der Waals surface area contributed by atoms with Crippen molar-refractivity contribution in [2.24, 2.45) is 5.92 Å². The van der Waals surface area contributed by atoms with E-state index >= 15 is 0 Å². The van der Waals surface area contributed by atoms with Crippen LogP contribution in [0.15, 0.2) is 0 Å². The minimum Gasteiger partial charge on any atom is -0.300 e. The molecule has 3 saturated heterocycles. The molecule has 0 N–H and O–H groups in total. The van der Waals surface area contributed by atoms with Crippen molar-refractivity contribution < 1.29 is 0 Å². The van der Waals surface area contributed by atoms with E-state index in [1.54, 1.807) is 0 Å². The third-order valence-corrected chi connectivity index (χ3v) is 5.77. The molecule has 0 atom stereocenters. The number of likely N-dealkylation sites (tertiary alicyclic amines) is 2. The second-order valence-corrected chi connectivity index (χ2v) is 7.95. The van der Waals surface area contributed by atoms with E-state index in [0.717, 1.165) is 18.0 Å². The van der Waals surface area contributed by atoms with Crippen molar-refractivity contribution in [3.63, 3.8) is 0 Å². The summed E-state index contributed by atoms with van der Waals surface area (Å²) in [5.41, 5.74) is 0. The van der Waals surface area contributed by atoms with Crippen LogP contribution in [0.3, 0.4) is 0 Å². The maximum absolute atomic E-state index is 2.73. The highest BCUT2D eigenvalue weighted by Gasteiger charge is 2.37. The number of rotatable bonds is 5.